The number of thiazole rings is 1. The number of hydrogen-bond acceptors (Lipinski definition) is 6. The van der Waals surface area contributed by atoms with Crippen LogP contribution < -0.4 is 14.8 Å². The molecule has 0 saturated heterocycles. The zero-order chi connectivity index (χ0) is 20.3. The molecular formula is C19H19N3O4S2. The minimum absolute atomic E-state index is 0.0738. The molecule has 146 valence electrons. The van der Waals surface area contributed by atoms with Crippen LogP contribution in [0.4, 0.5) is 10.8 Å². The molecule has 1 heterocycles. The summed E-state index contributed by atoms with van der Waals surface area (Å²) in [6.07, 6.45) is 0. The fourth-order valence-corrected chi connectivity index (χ4v) is 4.54. The Balaban J connectivity index is 1.73. The number of anilines is 2. The highest BCUT2D eigenvalue weighted by molar-refractivity contribution is 7.93. The number of nitrogens with zero attached hydrogens (tertiary/aromatic N) is 1. The number of nitrogens with one attached hydrogen (secondary N) is 2. The van der Waals surface area contributed by atoms with Gasteiger partial charge in [-0.2, -0.15) is 0 Å². The fraction of sp³-hybridized carbons (Fsp3) is 0.158. The highest BCUT2D eigenvalue weighted by Crippen LogP contribution is 2.22. The van der Waals surface area contributed by atoms with Crippen molar-refractivity contribution in [1.82, 2.24) is 4.98 Å². The Morgan fingerprint density at radius 3 is 2.32 bits per heavy atom. The van der Waals surface area contributed by atoms with Gasteiger partial charge < -0.3 is 10.1 Å². The van der Waals surface area contributed by atoms with E-state index in [1.54, 1.807) is 12.1 Å². The molecule has 2 N–H and O–H groups in total. The van der Waals surface area contributed by atoms with Crippen molar-refractivity contribution in [3.05, 3.63) is 64.7 Å². The van der Waals surface area contributed by atoms with Gasteiger partial charge in [-0.3, -0.25) is 9.52 Å². The van der Waals surface area contributed by atoms with Crippen LogP contribution in [-0.2, 0) is 10.0 Å². The maximum absolute atomic E-state index is 12.5. The predicted octanol–water partition coefficient (Wildman–Crippen LogP) is 3.82. The Morgan fingerprint density at radius 1 is 1.07 bits per heavy atom. The first-order valence-corrected chi connectivity index (χ1v) is 10.7. The standard InChI is InChI=1S/C19H19N3O4S2/c1-12-8-13(2)10-14(9-12)20-18(23)17-11-27-19(21-17)22-28(24,25)16-6-4-15(26-3)5-7-16/h4-11H,1-3H3,(H,20,23)(H,21,22). The first kappa shape index (κ1) is 19.8. The van der Waals surface area contributed by atoms with Gasteiger partial charge in [-0.25, -0.2) is 13.4 Å². The van der Waals surface area contributed by atoms with E-state index in [9.17, 15) is 13.2 Å². The molecule has 0 spiro atoms. The van der Waals surface area contributed by atoms with Gasteiger partial charge in [-0.15, -0.1) is 11.3 Å². The number of sulfonamides is 1. The lowest BCUT2D eigenvalue weighted by Crippen LogP contribution is -2.15. The number of aryl methyl sites for hydroxylation is 2. The molecule has 0 bridgehead atoms. The van der Waals surface area contributed by atoms with E-state index in [0.717, 1.165) is 22.5 Å². The van der Waals surface area contributed by atoms with Gasteiger partial charge in [0.05, 0.1) is 12.0 Å². The second-order valence-corrected chi connectivity index (χ2v) is 8.69. The van der Waals surface area contributed by atoms with E-state index in [1.807, 2.05) is 32.0 Å². The molecule has 1 amide bonds. The van der Waals surface area contributed by atoms with Gasteiger partial charge >= 0.3 is 0 Å². The lowest BCUT2D eigenvalue weighted by Gasteiger charge is -2.07. The summed E-state index contributed by atoms with van der Waals surface area (Å²) in [7, 11) is -2.31. The van der Waals surface area contributed by atoms with Gasteiger partial charge in [0.1, 0.15) is 11.4 Å². The molecule has 0 aliphatic carbocycles. The topological polar surface area (TPSA) is 97.4 Å². The van der Waals surface area contributed by atoms with E-state index in [0.29, 0.717) is 11.4 Å². The number of aromatic nitrogens is 1. The molecule has 0 aliphatic rings. The summed E-state index contributed by atoms with van der Waals surface area (Å²) < 4.78 is 32.3. The van der Waals surface area contributed by atoms with Crippen LogP contribution in [-0.4, -0.2) is 26.4 Å². The molecule has 2 aromatic carbocycles. The molecule has 0 unspecified atom stereocenters. The summed E-state index contributed by atoms with van der Waals surface area (Å²) >= 11 is 1.04. The van der Waals surface area contributed by atoms with E-state index in [1.165, 1.54) is 24.6 Å². The number of benzene rings is 2. The Hall–Kier alpha value is -2.91. The minimum Gasteiger partial charge on any atom is -0.497 e. The van der Waals surface area contributed by atoms with Crippen LogP contribution in [0.15, 0.2) is 52.7 Å². The van der Waals surface area contributed by atoms with Crippen LogP contribution in [0.1, 0.15) is 21.6 Å². The monoisotopic (exact) mass is 417 g/mol. The van der Waals surface area contributed by atoms with Crippen molar-refractivity contribution in [2.75, 3.05) is 17.1 Å². The summed E-state index contributed by atoms with van der Waals surface area (Å²) in [6.45, 7) is 3.88. The fourth-order valence-electron chi connectivity index (χ4n) is 2.60. The number of hydrogen-bond donors (Lipinski definition) is 2. The Kier molecular flexibility index (Phi) is 5.66. The Morgan fingerprint density at radius 2 is 1.71 bits per heavy atom. The largest absolute Gasteiger partial charge is 0.497 e. The van der Waals surface area contributed by atoms with Crippen LogP contribution in [0.25, 0.3) is 0 Å². The maximum Gasteiger partial charge on any atom is 0.275 e. The van der Waals surface area contributed by atoms with Gasteiger partial charge in [-0.1, -0.05) is 6.07 Å². The molecule has 3 aromatic rings. The second kappa shape index (κ2) is 7.99. The third-order valence-electron chi connectivity index (χ3n) is 3.81. The quantitative estimate of drug-likeness (QED) is 0.635. The normalized spacial score (nSPS) is 11.1. The van der Waals surface area contributed by atoms with Crippen molar-refractivity contribution < 1.29 is 17.9 Å². The van der Waals surface area contributed by atoms with Crippen molar-refractivity contribution in [3.63, 3.8) is 0 Å². The third kappa shape index (κ3) is 4.68. The summed E-state index contributed by atoms with van der Waals surface area (Å²) in [6, 6.07) is 11.7. The molecule has 28 heavy (non-hydrogen) atoms. The Labute approximate surface area is 167 Å². The van der Waals surface area contributed by atoms with E-state index >= 15 is 0 Å². The van der Waals surface area contributed by atoms with E-state index in [2.05, 4.69) is 15.0 Å². The van der Waals surface area contributed by atoms with Crippen LogP contribution in [0.2, 0.25) is 0 Å². The lowest BCUT2D eigenvalue weighted by atomic mass is 10.1. The second-order valence-electron chi connectivity index (χ2n) is 6.15. The molecule has 0 radical (unpaired) electrons. The average Bonchev–Trinajstić information content (AvgIpc) is 3.09. The van der Waals surface area contributed by atoms with Gasteiger partial charge in [0.25, 0.3) is 15.9 Å². The molecule has 0 aliphatic heterocycles. The highest BCUT2D eigenvalue weighted by atomic mass is 32.2. The zero-order valence-electron chi connectivity index (χ0n) is 15.5. The van der Waals surface area contributed by atoms with E-state index < -0.39 is 15.9 Å². The number of ether oxygens (including phenoxy) is 1. The summed E-state index contributed by atoms with van der Waals surface area (Å²) in [4.78, 5) is 16.6. The zero-order valence-corrected chi connectivity index (χ0v) is 17.1. The van der Waals surface area contributed by atoms with Crippen molar-refractivity contribution in [3.8, 4) is 5.75 Å². The van der Waals surface area contributed by atoms with Crippen molar-refractivity contribution in [2.45, 2.75) is 18.7 Å². The van der Waals surface area contributed by atoms with Crippen molar-refractivity contribution >= 4 is 38.1 Å². The summed E-state index contributed by atoms with van der Waals surface area (Å²) in [5.74, 6) is 0.148. The first-order valence-electron chi connectivity index (χ1n) is 8.29. The summed E-state index contributed by atoms with van der Waals surface area (Å²) in [5, 5.41) is 4.39. The minimum atomic E-state index is -3.81. The van der Waals surface area contributed by atoms with Gasteiger partial charge in [0, 0.05) is 11.1 Å². The lowest BCUT2D eigenvalue weighted by molar-refractivity contribution is 0.102. The summed E-state index contributed by atoms with van der Waals surface area (Å²) in [5.41, 5.74) is 2.86. The van der Waals surface area contributed by atoms with Crippen LogP contribution in [0.3, 0.4) is 0 Å². The number of amides is 1. The van der Waals surface area contributed by atoms with Crippen molar-refractivity contribution in [2.24, 2.45) is 0 Å². The average molecular weight is 418 g/mol. The molecule has 9 heteroatoms. The van der Waals surface area contributed by atoms with Crippen LogP contribution in [0.5, 0.6) is 5.75 Å². The number of carbonyl (C=O) groups is 1. The number of carbonyl (C=O) groups excluding carboxylic acids is 1. The van der Waals surface area contributed by atoms with Gasteiger partial charge in [0.15, 0.2) is 5.13 Å². The molecule has 0 atom stereocenters. The number of rotatable bonds is 6. The van der Waals surface area contributed by atoms with Crippen molar-refractivity contribution in [1.29, 1.82) is 0 Å². The maximum atomic E-state index is 12.5. The molecule has 0 saturated carbocycles. The molecule has 7 nitrogen and oxygen atoms in total. The van der Waals surface area contributed by atoms with Gasteiger partial charge in [0.2, 0.25) is 0 Å². The van der Waals surface area contributed by atoms with E-state index in [-0.39, 0.29) is 15.7 Å². The van der Waals surface area contributed by atoms with Crippen LogP contribution in [0, 0.1) is 13.8 Å². The number of methoxy groups -OCH3 is 1. The molecule has 0 fully saturated rings. The smallest absolute Gasteiger partial charge is 0.275 e. The highest BCUT2D eigenvalue weighted by Gasteiger charge is 2.18. The van der Waals surface area contributed by atoms with E-state index in [4.69, 9.17) is 4.74 Å². The Bertz CT molecular complexity index is 1090. The van der Waals surface area contributed by atoms with Gasteiger partial charge in [-0.05, 0) is 61.4 Å². The third-order valence-corrected chi connectivity index (χ3v) is 6.05. The first-order chi connectivity index (χ1) is 13.3. The molecule has 3 rings (SSSR count). The SMILES string of the molecule is COc1ccc(S(=O)(=O)Nc2nc(C(=O)Nc3cc(C)cc(C)c3)cs2)cc1. The molecular weight excluding hydrogens is 398 g/mol. The predicted molar refractivity (Wildman–Crippen MR) is 110 cm³/mol. The molecule has 1 aromatic heterocycles. The van der Waals surface area contributed by atoms with Crippen LogP contribution >= 0.6 is 11.3 Å².